The van der Waals surface area contributed by atoms with Crippen molar-refractivity contribution in [3.8, 4) is 11.5 Å². The van der Waals surface area contributed by atoms with Crippen molar-refractivity contribution < 1.29 is 47.4 Å². The van der Waals surface area contributed by atoms with Gasteiger partial charge in [-0.25, -0.2) is 0 Å². The van der Waals surface area contributed by atoms with E-state index in [0.29, 0.717) is 39.5 Å². The van der Waals surface area contributed by atoms with Crippen LogP contribution in [0.15, 0.2) is 84.9 Å². The molecule has 2 saturated heterocycles. The largest absolute Gasteiger partial charge is 0.457 e. The Morgan fingerprint density at radius 3 is 1.65 bits per heavy atom. The summed E-state index contributed by atoms with van der Waals surface area (Å²) in [5.74, 6) is 1.75. The number of carbonyl (C=O) groups excluding carboxylic acids is 1. The highest BCUT2D eigenvalue weighted by Gasteiger charge is 2.52. The van der Waals surface area contributed by atoms with Gasteiger partial charge in [-0.3, -0.25) is 4.79 Å². The third-order valence-electron chi connectivity index (χ3n) is 16.0. The molecule has 11 nitrogen and oxygen atoms in total. The number of hydrogen-bond acceptors (Lipinski definition) is 10. The molecule has 1 N–H and O–H groups in total. The molecule has 3 aromatic carbocycles. The summed E-state index contributed by atoms with van der Waals surface area (Å²) in [6.45, 7) is 13.8. The van der Waals surface area contributed by atoms with Crippen LogP contribution in [0.4, 0.5) is 0 Å². The van der Waals surface area contributed by atoms with Gasteiger partial charge in [0.1, 0.15) is 42.0 Å². The zero-order chi connectivity index (χ0) is 57.2. The van der Waals surface area contributed by atoms with Crippen molar-refractivity contribution in [1.29, 1.82) is 0 Å². The van der Waals surface area contributed by atoms with Gasteiger partial charge in [-0.05, 0) is 81.2 Å². The third kappa shape index (κ3) is 27.9. The van der Waals surface area contributed by atoms with Gasteiger partial charge in [0.15, 0.2) is 12.6 Å². The van der Waals surface area contributed by atoms with E-state index in [4.69, 9.17) is 42.6 Å². The van der Waals surface area contributed by atoms with Crippen LogP contribution in [0.3, 0.4) is 0 Å². The molecule has 0 aromatic heterocycles. The number of ether oxygens (including phenoxy) is 9. The fourth-order valence-corrected chi connectivity index (χ4v) is 11.0. The zero-order valence-corrected chi connectivity index (χ0v) is 51.5. The molecule has 0 saturated carbocycles. The smallest absolute Gasteiger partial charge is 0.220 e. The maximum absolute atomic E-state index is 14.3. The van der Waals surface area contributed by atoms with Gasteiger partial charge in [0.25, 0.3) is 0 Å². The predicted molar refractivity (Wildman–Crippen MR) is 329 cm³/mol. The summed E-state index contributed by atoms with van der Waals surface area (Å²) in [5.41, 5.74) is 2.30. The minimum Gasteiger partial charge on any atom is -0.457 e. The van der Waals surface area contributed by atoms with E-state index in [1.165, 1.54) is 102 Å². The van der Waals surface area contributed by atoms with E-state index in [9.17, 15) is 4.79 Å². The summed E-state index contributed by atoms with van der Waals surface area (Å²) in [6.07, 6.45) is 30.7. The molecular formula is C70H113NO10. The van der Waals surface area contributed by atoms with Gasteiger partial charge in [-0.2, -0.15) is 0 Å². The number of benzene rings is 3. The maximum Gasteiger partial charge on any atom is 0.220 e. The Labute approximate surface area is 492 Å². The average Bonchev–Trinajstić information content (AvgIpc) is 3.53. The standard InChI is InChI=1S/C70H113NO10/c1-6-11-16-17-18-19-20-21-22-26-29-38-45-62(73-51-12-7-2)65(74-52-13-8-3)61(71-64(72)46-39-30-27-24-23-25-28-33-40-57-47-49-60(50-48-57)79-59-43-36-32-37-44-59)55-77-70-68(76-54-15-10-5)67(75-53-14-9-4)66-63(80-70)56-78-69(81-66)58-41-34-31-35-42-58/h31-32,34-37,41-44,47-50,61-63,65-70H,6-30,33,38-40,45-46,51-56H2,1-5H3,(H,71,72)/t61-,62+,63?,65-,66-,67-,68?,69?,70-/m0/s1. The first-order chi connectivity index (χ1) is 40.0. The highest BCUT2D eigenvalue weighted by atomic mass is 16.8. The van der Waals surface area contributed by atoms with Crippen LogP contribution < -0.4 is 10.1 Å². The molecule has 0 bridgehead atoms. The van der Waals surface area contributed by atoms with Crippen LogP contribution in [0.25, 0.3) is 0 Å². The van der Waals surface area contributed by atoms with Crippen LogP contribution in [0.2, 0.25) is 0 Å². The first kappa shape index (κ1) is 68.4. The zero-order valence-electron chi connectivity index (χ0n) is 51.5. The number of fused-ring (bicyclic) bond motifs is 1. The average molecular weight is 1130 g/mol. The second kappa shape index (κ2) is 44.1. The predicted octanol–water partition coefficient (Wildman–Crippen LogP) is 17.7. The Kier molecular flexibility index (Phi) is 37.3. The highest BCUT2D eigenvalue weighted by Crippen LogP contribution is 2.37. The molecule has 5 rings (SSSR count). The van der Waals surface area contributed by atoms with Crippen molar-refractivity contribution in [1.82, 2.24) is 5.32 Å². The van der Waals surface area contributed by atoms with E-state index in [1.54, 1.807) is 0 Å². The van der Waals surface area contributed by atoms with Crippen molar-refractivity contribution in [2.75, 3.05) is 39.6 Å². The van der Waals surface area contributed by atoms with E-state index in [2.05, 4.69) is 64.2 Å². The lowest BCUT2D eigenvalue weighted by Crippen LogP contribution is -2.64. The molecule has 458 valence electrons. The number of aryl methyl sites for hydroxylation is 1. The first-order valence-corrected chi connectivity index (χ1v) is 33.1. The van der Waals surface area contributed by atoms with Crippen molar-refractivity contribution in [2.45, 2.75) is 289 Å². The van der Waals surface area contributed by atoms with Crippen LogP contribution in [0.5, 0.6) is 11.5 Å². The lowest BCUT2D eigenvalue weighted by molar-refractivity contribution is -0.371. The molecule has 2 aliphatic rings. The molecule has 1 amide bonds. The third-order valence-corrected chi connectivity index (χ3v) is 16.0. The van der Waals surface area contributed by atoms with E-state index < -0.39 is 49.1 Å². The summed E-state index contributed by atoms with van der Waals surface area (Å²) >= 11 is 0. The molecular weight excluding hydrogens is 1010 g/mol. The molecule has 2 heterocycles. The number of amides is 1. The molecule has 2 fully saturated rings. The monoisotopic (exact) mass is 1130 g/mol. The summed E-state index contributed by atoms with van der Waals surface area (Å²) in [7, 11) is 0. The van der Waals surface area contributed by atoms with Crippen LogP contribution in [-0.4, -0.2) is 94.5 Å². The van der Waals surface area contributed by atoms with E-state index >= 15 is 0 Å². The summed E-state index contributed by atoms with van der Waals surface area (Å²) < 4.78 is 60.4. The lowest BCUT2D eigenvalue weighted by atomic mass is 9.96. The molecule has 0 aliphatic carbocycles. The van der Waals surface area contributed by atoms with E-state index in [-0.39, 0.29) is 18.6 Å². The second-order valence-corrected chi connectivity index (χ2v) is 23.1. The van der Waals surface area contributed by atoms with E-state index in [1.807, 2.05) is 60.7 Å². The lowest BCUT2D eigenvalue weighted by Gasteiger charge is -2.49. The quantitative estimate of drug-likeness (QED) is 0.0549. The minimum atomic E-state index is -0.798. The Morgan fingerprint density at radius 1 is 0.519 bits per heavy atom. The van der Waals surface area contributed by atoms with Gasteiger partial charge in [0.05, 0.1) is 25.4 Å². The normalized spacial score (nSPS) is 20.2. The molecule has 11 heteroatoms. The minimum absolute atomic E-state index is 0.0206. The van der Waals surface area contributed by atoms with E-state index in [0.717, 1.165) is 113 Å². The molecule has 9 atom stereocenters. The Hall–Kier alpha value is -3.39. The topological polar surface area (TPSA) is 112 Å². The number of rotatable bonds is 49. The van der Waals surface area contributed by atoms with Crippen molar-refractivity contribution >= 4 is 5.91 Å². The molecule has 0 spiro atoms. The number of hydrogen-bond donors (Lipinski definition) is 1. The Balaban J connectivity index is 1.23. The van der Waals surface area contributed by atoms with Crippen molar-refractivity contribution in [2.24, 2.45) is 0 Å². The van der Waals surface area contributed by atoms with Crippen molar-refractivity contribution in [3.63, 3.8) is 0 Å². The molecule has 81 heavy (non-hydrogen) atoms. The van der Waals surface area contributed by atoms with Crippen LogP contribution in [-0.2, 0) is 49.1 Å². The summed E-state index contributed by atoms with van der Waals surface area (Å²) in [4.78, 5) is 14.3. The molecule has 0 radical (unpaired) electrons. The number of unbranched alkanes of at least 4 members (excludes halogenated alkanes) is 22. The summed E-state index contributed by atoms with van der Waals surface area (Å²) in [5, 5.41) is 3.50. The number of para-hydroxylation sites is 1. The Bertz CT molecular complexity index is 1940. The fourth-order valence-electron chi connectivity index (χ4n) is 11.0. The van der Waals surface area contributed by atoms with Gasteiger partial charge in [-0.1, -0.05) is 237 Å². The molecule has 3 unspecified atom stereocenters. The van der Waals surface area contributed by atoms with Gasteiger partial charge in [-0.15, -0.1) is 0 Å². The second-order valence-electron chi connectivity index (χ2n) is 23.1. The molecule has 2 aliphatic heterocycles. The first-order valence-electron chi connectivity index (χ1n) is 33.1. The summed E-state index contributed by atoms with van der Waals surface area (Å²) in [6, 6.07) is 28.0. The van der Waals surface area contributed by atoms with Gasteiger partial charge in [0, 0.05) is 38.4 Å². The van der Waals surface area contributed by atoms with Crippen molar-refractivity contribution in [3.05, 3.63) is 96.1 Å². The van der Waals surface area contributed by atoms with Crippen LogP contribution in [0, 0.1) is 0 Å². The number of nitrogens with one attached hydrogen (secondary N) is 1. The fraction of sp³-hybridized carbons (Fsp3) is 0.729. The van der Waals surface area contributed by atoms with Gasteiger partial charge < -0.3 is 47.9 Å². The Morgan fingerprint density at radius 2 is 1.04 bits per heavy atom. The molecule has 3 aromatic rings. The van der Waals surface area contributed by atoms with Crippen LogP contribution in [0.1, 0.15) is 245 Å². The van der Waals surface area contributed by atoms with Crippen LogP contribution >= 0.6 is 0 Å². The maximum atomic E-state index is 14.3. The van der Waals surface area contributed by atoms with Gasteiger partial charge >= 0.3 is 0 Å². The highest BCUT2D eigenvalue weighted by molar-refractivity contribution is 5.76. The SMILES string of the molecule is CCCCCCCCCCCCCC[C@@H](OCCCC)[C@@H](OCCCC)[C@H](CO[C@H]1OC2COC(c3ccccc3)O[C@@H]2[C@H](OCCCC)C1OCCCC)NC(=O)CCCCCCCCCCc1ccc(Oc2ccccc2)cc1. The van der Waals surface area contributed by atoms with Gasteiger partial charge in [0.2, 0.25) is 5.91 Å². The number of carbonyl (C=O) groups is 1.